The molecule has 0 aromatic carbocycles. The molecule has 10 nitrogen and oxygen atoms in total. The van der Waals surface area contributed by atoms with E-state index in [1.54, 1.807) is 28.2 Å². The van der Waals surface area contributed by atoms with E-state index in [1.807, 2.05) is 60.7 Å². The average molecular weight is 579 g/mol. The van der Waals surface area contributed by atoms with Crippen molar-refractivity contribution < 1.29 is 18.3 Å². The number of anilines is 1. The van der Waals surface area contributed by atoms with Crippen molar-refractivity contribution in [1.29, 1.82) is 0 Å². The lowest BCUT2D eigenvalue weighted by Gasteiger charge is -2.33. The van der Waals surface area contributed by atoms with Gasteiger partial charge in [-0.3, -0.25) is 4.98 Å². The third kappa shape index (κ3) is 6.52. The van der Waals surface area contributed by atoms with Gasteiger partial charge >= 0.3 is 6.09 Å². The Morgan fingerprint density at radius 2 is 2.00 bits per heavy atom. The number of nitrogens with zero attached hydrogens (tertiary/aromatic N) is 8. The van der Waals surface area contributed by atoms with Gasteiger partial charge in [-0.2, -0.15) is 0 Å². The van der Waals surface area contributed by atoms with Crippen molar-refractivity contribution in [3.8, 4) is 11.3 Å². The average Bonchev–Trinajstić information content (AvgIpc) is 3.62. The van der Waals surface area contributed by atoms with Gasteiger partial charge in [0.1, 0.15) is 16.9 Å². The molecule has 12 heteroatoms. The lowest BCUT2D eigenvalue weighted by molar-refractivity contribution is 0.0172. The van der Waals surface area contributed by atoms with Crippen molar-refractivity contribution in [3.05, 3.63) is 60.4 Å². The number of hydrogen-bond donors (Lipinski definition) is 0. The Bertz CT molecular complexity index is 1570. The highest BCUT2D eigenvalue weighted by molar-refractivity contribution is 5.68. The minimum absolute atomic E-state index is 0.156. The molecular weight excluding hydrogens is 542 g/mol. The maximum absolute atomic E-state index is 13.7. The number of carbonyl (C=O) groups is 1. The predicted molar refractivity (Wildman–Crippen MR) is 153 cm³/mol. The Balaban J connectivity index is 1.14. The van der Waals surface area contributed by atoms with Crippen LogP contribution in [0, 0.1) is 5.92 Å². The molecule has 0 spiro atoms. The second-order valence-corrected chi connectivity index (χ2v) is 12.5. The van der Waals surface area contributed by atoms with E-state index in [0.717, 1.165) is 29.7 Å². The molecule has 5 heterocycles. The highest BCUT2D eigenvalue weighted by atomic mass is 19.3. The summed E-state index contributed by atoms with van der Waals surface area (Å²) in [6.07, 6.45) is 12.1. The van der Waals surface area contributed by atoms with Gasteiger partial charge < -0.3 is 18.9 Å². The van der Waals surface area contributed by atoms with Crippen molar-refractivity contribution >= 4 is 17.4 Å². The lowest BCUT2D eigenvalue weighted by Crippen LogP contribution is -2.40. The molecule has 0 unspecified atom stereocenters. The molecule has 6 rings (SSSR count). The fourth-order valence-corrected chi connectivity index (χ4v) is 5.37. The Kier molecular flexibility index (Phi) is 7.32. The van der Waals surface area contributed by atoms with Crippen molar-refractivity contribution in [2.45, 2.75) is 71.1 Å². The SMILES string of the molecule is CC(C)(C)OC(=O)N(Cc1ccc2nc(Cn3cc(-c4cncc(N5CCC(F)(F)C5)c4)nn3)cn2c1)CC1CCC1. The van der Waals surface area contributed by atoms with Crippen molar-refractivity contribution in [3.63, 3.8) is 0 Å². The molecular formula is C30H36F2N8O2. The van der Waals surface area contributed by atoms with Gasteiger partial charge in [0.05, 0.1) is 43.4 Å². The van der Waals surface area contributed by atoms with E-state index in [4.69, 9.17) is 9.72 Å². The Labute approximate surface area is 243 Å². The number of amides is 1. The van der Waals surface area contributed by atoms with Crippen LogP contribution in [-0.4, -0.2) is 71.5 Å². The zero-order chi connectivity index (χ0) is 29.5. The maximum Gasteiger partial charge on any atom is 0.410 e. The minimum atomic E-state index is -2.68. The van der Waals surface area contributed by atoms with Crippen molar-refractivity contribution in [1.82, 2.24) is 34.3 Å². The van der Waals surface area contributed by atoms with Gasteiger partial charge in [0.25, 0.3) is 5.92 Å². The van der Waals surface area contributed by atoms with Crippen LogP contribution in [0.25, 0.3) is 16.9 Å². The molecule has 0 atom stereocenters. The minimum Gasteiger partial charge on any atom is -0.444 e. The summed E-state index contributed by atoms with van der Waals surface area (Å²) in [6, 6.07) is 5.76. The van der Waals surface area contributed by atoms with Crippen LogP contribution in [0.5, 0.6) is 0 Å². The molecule has 0 radical (unpaired) electrons. The number of hydrogen-bond acceptors (Lipinski definition) is 7. The second-order valence-electron chi connectivity index (χ2n) is 12.5. The van der Waals surface area contributed by atoms with Gasteiger partial charge in [-0.25, -0.2) is 23.2 Å². The number of pyridine rings is 2. The summed E-state index contributed by atoms with van der Waals surface area (Å²) in [6.45, 7) is 7.20. The number of alkyl halides is 2. The van der Waals surface area contributed by atoms with E-state index < -0.39 is 11.5 Å². The standard InChI is InChI=1S/C30H36F2N8O2/c1-29(2,3)42-28(41)39(14-21-5-4-6-21)16-22-7-8-27-34-24(17-38(27)15-22)18-40-19-26(35-36-40)23-11-25(13-33-12-23)37-10-9-30(31,32)20-37/h7-8,11-13,15,17,19,21H,4-6,9-10,14,16,18,20H2,1-3H3. The molecule has 1 amide bonds. The van der Waals surface area contributed by atoms with Crippen LogP contribution in [0.3, 0.4) is 0 Å². The predicted octanol–water partition coefficient (Wildman–Crippen LogP) is 5.42. The van der Waals surface area contributed by atoms with E-state index in [-0.39, 0.29) is 19.1 Å². The Morgan fingerprint density at radius 3 is 2.71 bits per heavy atom. The molecule has 0 bridgehead atoms. The maximum atomic E-state index is 13.7. The van der Waals surface area contributed by atoms with Crippen LogP contribution in [0.15, 0.2) is 49.2 Å². The highest BCUT2D eigenvalue weighted by Crippen LogP contribution is 2.32. The summed E-state index contributed by atoms with van der Waals surface area (Å²) < 4.78 is 36.7. The first-order valence-electron chi connectivity index (χ1n) is 14.4. The number of imidazole rings is 1. The van der Waals surface area contributed by atoms with E-state index >= 15 is 0 Å². The quantitative estimate of drug-likeness (QED) is 0.276. The molecule has 4 aromatic heterocycles. The van der Waals surface area contributed by atoms with Gasteiger partial charge in [-0.15, -0.1) is 5.10 Å². The Morgan fingerprint density at radius 1 is 1.17 bits per heavy atom. The fourth-order valence-electron chi connectivity index (χ4n) is 5.37. The van der Waals surface area contributed by atoms with Crippen molar-refractivity contribution in [2.75, 3.05) is 24.5 Å². The number of aromatic nitrogens is 6. The van der Waals surface area contributed by atoms with E-state index in [1.165, 1.54) is 6.42 Å². The van der Waals surface area contributed by atoms with E-state index in [0.29, 0.717) is 49.0 Å². The number of halogens is 2. The zero-order valence-corrected chi connectivity index (χ0v) is 24.2. The van der Waals surface area contributed by atoms with E-state index in [9.17, 15) is 13.6 Å². The monoisotopic (exact) mass is 578 g/mol. The molecule has 222 valence electrons. The topological polar surface area (TPSA) is 93.7 Å². The van der Waals surface area contributed by atoms with Gasteiger partial charge in [0.2, 0.25) is 0 Å². The van der Waals surface area contributed by atoms with Crippen LogP contribution in [-0.2, 0) is 17.8 Å². The lowest BCUT2D eigenvalue weighted by atomic mass is 9.85. The molecule has 4 aromatic rings. The van der Waals surface area contributed by atoms with Crippen LogP contribution in [0.4, 0.5) is 19.3 Å². The molecule has 0 N–H and O–H groups in total. The smallest absolute Gasteiger partial charge is 0.410 e. The summed E-state index contributed by atoms with van der Waals surface area (Å²) in [5.41, 5.74) is 3.99. The zero-order valence-electron chi connectivity index (χ0n) is 24.2. The first kappa shape index (κ1) is 28.0. The summed E-state index contributed by atoms with van der Waals surface area (Å²) >= 11 is 0. The third-order valence-corrected chi connectivity index (χ3v) is 7.71. The number of rotatable bonds is 8. The first-order chi connectivity index (χ1) is 20.0. The van der Waals surface area contributed by atoms with Crippen LogP contribution >= 0.6 is 0 Å². The normalized spacial score (nSPS) is 17.0. The molecule has 42 heavy (non-hydrogen) atoms. The number of ether oxygens (including phenoxy) is 1. The second kappa shape index (κ2) is 11.0. The molecule has 2 aliphatic rings. The first-order valence-corrected chi connectivity index (χ1v) is 14.4. The summed E-state index contributed by atoms with van der Waals surface area (Å²) in [5.74, 6) is -2.15. The number of fused-ring (bicyclic) bond motifs is 1. The Hall–Kier alpha value is -4.09. The summed E-state index contributed by atoms with van der Waals surface area (Å²) in [4.78, 5) is 25.4. The van der Waals surface area contributed by atoms with Crippen LogP contribution in [0.2, 0.25) is 0 Å². The van der Waals surface area contributed by atoms with Gasteiger partial charge in [-0.1, -0.05) is 17.7 Å². The van der Waals surface area contributed by atoms with Crippen LogP contribution in [0.1, 0.15) is 57.7 Å². The van der Waals surface area contributed by atoms with Gasteiger partial charge in [-0.05, 0) is 57.2 Å². The molecule has 1 saturated carbocycles. The summed E-state index contributed by atoms with van der Waals surface area (Å²) in [7, 11) is 0. The molecule has 1 aliphatic carbocycles. The number of carbonyl (C=O) groups excluding carboxylic acids is 1. The fraction of sp³-hybridized carbons (Fsp3) is 0.500. The largest absolute Gasteiger partial charge is 0.444 e. The molecule has 2 fully saturated rings. The van der Waals surface area contributed by atoms with Gasteiger partial charge in [0, 0.05) is 43.7 Å². The molecule has 1 saturated heterocycles. The van der Waals surface area contributed by atoms with E-state index in [2.05, 4.69) is 15.3 Å². The van der Waals surface area contributed by atoms with Gasteiger partial charge in [0.15, 0.2) is 0 Å². The summed E-state index contributed by atoms with van der Waals surface area (Å²) in [5, 5.41) is 8.53. The molecule has 1 aliphatic heterocycles. The third-order valence-electron chi connectivity index (χ3n) is 7.71. The highest BCUT2D eigenvalue weighted by Gasteiger charge is 2.38. The van der Waals surface area contributed by atoms with Crippen molar-refractivity contribution in [2.24, 2.45) is 5.92 Å². The van der Waals surface area contributed by atoms with Crippen LogP contribution < -0.4 is 4.90 Å².